The van der Waals surface area contributed by atoms with Crippen molar-refractivity contribution in [3.8, 4) is 0 Å². The van der Waals surface area contributed by atoms with Gasteiger partial charge < -0.3 is 10.4 Å². The molecule has 1 saturated heterocycles. The minimum atomic E-state index is -1.28. The lowest BCUT2D eigenvalue weighted by Gasteiger charge is -2.21. The maximum Gasteiger partial charge on any atom is 0.325 e. The fourth-order valence-corrected chi connectivity index (χ4v) is 3.44. The summed E-state index contributed by atoms with van der Waals surface area (Å²) in [5.41, 5.74) is -1.10. The van der Waals surface area contributed by atoms with Gasteiger partial charge in [0.05, 0.1) is 12.6 Å². The van der Waals surface area contributed by atoms with Crippen molar-refractivity contribution in [1.82, 2.24) is 10.2 Å². The normalized spacial score (nSPS) is 22.3. The monoisotopic (exact) mass is 334 g/mol. The van der Waals surface area contributed by atoms with Crippen LogP contribution in [0.1, 0.15) is 23.5 Å². The fourth-order valence-electron chi connectivity index (χ4n) is 2.61. The van der Waals surface area contributed by atoms with Crippen molar-refractivity contribution in [3.63, 3.8) is 0 Å². The van der Waals surface area contributed by atoms with Crippen LogP contribution in [-0.4, -0.2) is 28.5 Å². The van der Waals surface area contributed by atoms with E-state index in [1.54, 1.807) is 25.1 Å². The second kappa shape index (κ2) is 5.75. The van der Waals surface area contributed by atoms with Gasteiger partial charge in [0.15, 0.2) is 5.54 Å². The number of urea groups is 1. The number of nitrogens with one attached hydrogen (secondary N) is 1. The Kier molecular flexibility index (Phi) is 3.91. The van der Waals surface area contributed by atoms with Crippen LogP contribution in [0.3, 0.4) is 0 Å². The third kappa shape index (κ3) is 2.62. The molecule has 2 heterocycles. The molecule has 0 bridgehead atoms. The largest absolute Gasteiger partial charge is 0.386 e. The SMILES string of the molecule is C[C@]1(c2cccs2)NC(=O)N(C[C@H](O)c2ccccc2F)C1=O. The Morgan fingerprint density at radius 3 is 2.70 bits per heavy atom. The molecule has 120 valence electrons. The van der Waals surface area contributed by atoms with Crippen LogP contribution in [0.4, 0.5) is 9.18 Å². The molecule has 2 N–H and O–H groups in total. The number of hydrogen-bond acceptors (Lipinski definition) is 4. The highest BCUT2D eigenvalue weighted by molar-refractivity contribution is 7.10. The van der Waals surface area contributed by atoms with Gasteiger partial charge in [0.2, 0.25) is 0 Å². The number of thiophene rings is 1. The molecule has 0 unspecified atom stereocenters. The van der Waals surface area contributed by atoms with Gasteiger partial charge in [-0.1, -0.05) is 24.3 Å². The number of imide groups is 1. The van der Waals surface area contributed by atoms with Gasteiger partial charge in [-0.25, -0.2) is 9.18 Å². The van der Waals surface area contributed by atoms with Gasteiger partial charge in [-0.05, 0) is 24.4 Å². The molecule has 2 aromatic rings. The highest BCUT2D eigenvalue weighted by atomic mass is 32.1. The molecular formula is C16H15FN2O3S. The number of carbonyl (C=O) groups excluding carboxylic acids is 2. The first-order chi connectivity index (χ1) is 10.9. The Morgan fingerprint density at radius 1 is 1.30 bits per heavy atom. The minimum absolute atomic E-state index is 0.0535. The quantitative estimate of drug-likeness (QED) is 0.844. The zero-order chi connectivity index (χ0) is 16.6. The van der Waals surface area contributed by atoms with E-state index < -0.39 is 29.4 Å². The molecule has 0 aliphatic carbocycles. The highest BCUT2D eigenvalue weighted by Gasteiger charge is 2.50. The molecular weight excluding hydrogens is 319 g/mol. The Morgan fingerprint density at radius 2 is 2.04 bits per heavy atom. The zero-order valence-electron chi connectivity index (χ0n) is 12.3. The first-order valence-corrected chi connectivity index (χ1v) is 7.92. The molecule has 0 spiro atoms. The van der Waals surface area contributed by atoms with Gasteiger partial charge in [0, 0.05) is 10.4 Å². The van der Waals surface area contributed by atoms with Crippen molar-refractivity contribution in [2.45, 2.75) is 18.6 Å². The van der Waals surface area contributed by atoms with Gasteiger partial charge in [-0.2, -0.15) is 0 Å². The number of aliphatic hydroxyl groups excluding tert-OH is 1. The van der Waals surface area contributed by atoms with E-state index in [2.05, 4.69) is 5.32 Å². The van der Waals surface area contributed by atoms with Crippen molar-refractivity contribution in [3.05, 3.63) is 58.0 Å². The summed E-state index contributed by atoms with van der Waals surface area (Å²) >= 11 is 1.36. The van der Waals surface area contributed by atoms with Gasteiger partial charge in [-0.15, -0.1) is 11.3 Å². The van der Waals surface area contributed by atoms with E-state index in [4.69, 9.17) is 0 Å². The lowest BCUT2D eigenvalue weighted by molar-refractivity contribution is -0.132. The van der Waals surface area contributed by atoms with Crippen LogP contribution in [0.15, 0.2) is 41.8 Å². The summed E-state index contributed by atoms with van der Waals surface area (Å²) in [6, 6.07) is 8.70. The van der Waals surface area contributed by atoms with Crippen molar-refractivity contribution in [1.29, 1.82) is 0 Å². The molecule has 1 aliphatic heterocycles. The minimum Gasteiger partial charge on any atom is -0.386 e. The molecule has 1 aromatic carbocycles. The average molecular weight is 334 g/mol. The summed E-state index contributed by atoms with van der Waals surface area (Å²) in [6.45, 7) is 1.32. The molecule has 1 aromatic heterocycles. The molecule has 2 atom stereocenters. The van der Waals surface area contributed by atoms with Crippen LogP contribution in [0.25, 0.3) is 0 Å². The van der Waals surface area contributed by atoms with E-state index in [1.165, 1.54) is 29.5 Å². The van der Waals surface area contributed by atoms with Crippen molar-refractivity contribution >= 4 is 23.3 Å². The second-order valence-corrected chi connectivity index (χ2v) is 6.43. The molecule has 3 rings (SSSR count). The molecule has 1 fully saturated rings. The predicted octanol–water partition coefficient (Wildman–Crippen LogP) is 2.39. The maximum absolute atomic E-state index is 13.7. The predicted molar refractivity (Wildman–Crippen MR) is 83.3 cm³/mol. The lowest BCUT2D eigenvalue weighted by atomic mass is 10.0. The molecule has 0 radical (unpaired) electrons. The number of carbonyl (C=O) groups is 2. The summed E-state index contributed by atoms with van der Waals surface area (Å²) in [4.78, 5) is 26.4. The van der Waals surface area contributed by atoms with Crippen molar-refractivity contribution in [2.75, 3.05) is 6.54 Å². The second-order valence-electron chi connectivity index (χ2n) is 5.49. The number of β-amino-alcohol motifs (C(OH)–C–C–N with tert-alkyl or cyclic N) is 1. The molecule has 0 saturated carbocycles. The summed E-state index contributed by atoms with van der Waals surface area (Å²) in [7, 11) is 0. The Balaban J connectivity index is 1.83. The maximum atomic E-state index is 13.7. The van der Waals surface area contributed by atoms with Crippen LogP contribution in [0.5, 0.6) is 0 Å². The van der Waals surface area contributed by atoms with Gasteiger partial charge >= 0.3 is 6.03 Å². The van der Waals surface area contributed by atoms with E-state index >= 15 is 0 Å². The number of aliphatic hydroxyl groups is 1. The molecule has 5 nitrogen and oxygen atoms in total. The smallest absolute Gasteiger partial charge is 0.325 e. The van der Waals surface area contributed by atoms with E-state index in [0.717, 1.165) is 4.90 Å². The number of benzene rings is 1. The summed E-state index contributed by atoms with van der Waals surface area (Å²) in [6.07, 6.45) is -1.28. The van der Waals surface area contributed by atoms with Gasteiger partial charge in [-0.3, -0.25) is 9.69 Å². The molecule has 3 amide bonds. The van der Waals surface area contributed by atoms with Crippen LogP contribution >= 0.6 is 11.3 Å². The van der Waals surface area contributed by atoms with Crippen molar-refractivity contribution < 1.29 is 19.1 Å². The topological polar surface area (TPSA) is 69.6 Å². The average Bonchev–Trinajstić information content (AvgIpc) is 3.12. The Labute approximate surface area is 136 Å². The molecule has 1 aliphatic rings. The number of amides is 3. The first-order valence-electron chi connectivity index (χ1n) is 7.04. The van der Waals surface area contributed by atoms with Gasteiger partial charge in [0.1, 0.15) is 5.82 Å². The summed E-state index contributed by atoms with van der Waals surface area (Å²) in [5, 5.41) is 14.7. The van der Waals surface area contributed by atoms with E-state index in [-0.39, 0.29) is 12.1 Å². The zero-order valence-corrected chi connectivity index (χ0v) is 13.1. The van der Waals surface area contributed by atoms with E-state index in [9.17, 15) is 19.1 Å². The van der Waals surface area contributed by atoms with Gasteiger partial charge in [0.25, 0.3) is 5.91 Å². The summed E-state index contributed by atoms with van der Waals surface area (Å²) in [5.74, 6) is -1.03. The third-order valence-corrected chi connectivity index (χ3v) is 5.00. The first kappa shape index (κ1) is 15.6. The number of nitrogens with zero attached hydrogens (tertiary/aromatic N) is 1. The van der Waals surface area contributed by atoms with E-state index in [1.807, 2.05) is 5.38 Å². The highest BCUT2D eigenvalue weighted by Crippen LogP contribution is 2.32. The Bertz CT molecular complexity index is 750. The number of halogens is 1. The summed E-state index contributed by atoms with van der Waals surface area (Å²) < 4.78 is 13.7. The lowest BCUT2D eigenvalue weighted by Crippen LogP contribution is -2.40. The van der Waals surface area contributed by atoms with Crippen molar-refractivity contribution in [2.24, 2.45) is 0 Å². The number of hydrogen-bond donors (Lipinski definition) is 2. The number of rotatable bonds is 4. The molecule has 23 heavy (non-hydrogen) atoms. The van der Waals surface area contributed by atoms with Crippen LogP contribution in [-0.2, 0) is 10.3 Å². The Hall–Kier alpha value is -2.25. The fraction of sp³-hybridized carbons (Fsp3) is 0.250. The van der Waals surface area contributed by atoms with Crippen LogP contribution in [0, 0.1) is 5.82 Å². The van der Waals surface area contributed by atoms with E-state index in [0.29, 0.717) is 4.88 Å². The standard InChI is InChI=1S/C16H15FN2O3S/c1-16(13-7-4-8-23-13)14(21)19(15(22)18-16)9-12(20)10-5-2-3-6-11(10)17/h2-8,12,20H,9H2,1H3,(H,18,22)/t12-,16+/m0/s1. The van der Waals surface area contributed by atoms with Crippen LogP contribution in [0.2, 0.25) is 0 Å². The molecule has 7 heteroatoms. The third-order valence-electron chi connectivity index (χ3n) is 3.91. The van der Waals surface area contributed by atoms with Crippen LogP contribution < -0.4 is 5.32 Å².